The van der Waals surface area contributed by atoms with Crippen LogP contribution in [0.25, 0.3) is 0 Å². The van der Waals surface area contributed by atoms with E-state index in [1.165, 1.54) is 12.1 Å². The molecule has 1 fully saturated rings. The molecule has 25 heavy (non-hydrogen) atoms. The molecule has 1 N–H and O–H groups in total. The molecule has 0 aliphatic carbocycles. The highest BCUT2D eigenvalue weighted by atomic mass is 19.1. The number of halogens is 1. The Morgan fingerprint density at radius 1 is 1.16 bits per heavy atom. The van der Waals surface area contributed by atoms with Crippen LogP contribution < -0.4 is 5.32 Å². The van der Waals surface area contributed by atoms with Crippen molar-refractivity contribution < 1.29 is 18.4 Å². The third-order valence-electron chi connectivity index (χ3n) is 4.50. The van der Waals surface area contributed by atoms with E-state index in [-0.39, 0.29) is 30.0 Å². The summed E-state index contributed by atoms with van der Waals surface area (Å²) in [6, 6.07) is 9.57. The van der Waals surface area contributed by atoms with E-state index in [4.69, 9.17) is 4.42 Å². The molecule has 0 unspecified atom stereocenters. The summed E-state index contributed by atoms with van der Waals surface area (Å²) < 4.78 is 18.1. The number of benzene rings is 1. The molecule has 132 valence electrons. The molecule has 1 saturated heterocycles. The second kappa shape index (κ2) is 7.96. The molecule has 0 atom stereocenters. The number of carbonyl (C=O) groups is 2. The van der Waals surface area contributed by atoms with Crippen molar-refractivity contribution in [2.24, 2.45) is 5.92 Å². The van der Waals surface area contributed by atoms with Gasteiger partial charge in [0.25, 0.3) is 0 Å². The predicted molar refractivity (Wildman–Crippen MR) is 90.0 cm³/mol. The van der Waals surface area contributed by atoms with Crippen molar-refractivity contribution in [1.29, 1.82) is 0 Å². The summed E-state index contributed by atoms with van der Waals surface area (Å²) in [7, 11) is 0. The summed E-state index contributed by atoms with van der Waals surface area (Å²) in [5, 5.41) is 2.87. The molecule has 1 aliphatic rings. The fourth-order valence-corrected chi connectivity index (χ4v) is 3.01. The number of rotatable bonds is 5. The normalized spacial score (nSPS) is 15.2. The molecular weight excluding hydrogens is 323 g/mol. The van der Waals surface area contributed by atoms with E-state index in [9.17, 15) is 14.0 Å². The maximum absolute atomic E-state index is 12.9. The minimum atomic E-state index is -0.308. The SMILES string of the molecule is O=C(NCc1ccco1)C1CCN(C(=O)Cc2ccc(F)cc2)CC1. The van der Waals surface area contributed by atoms with Crippen molar-refractivity contribution in [3.63, 3.8) is 0 Å². The van der Waals surface area contributed by atoms with Crippen LogP contribution in [0.5, 0.6) is 0 Å². The van der Waals surface area contributed by atoms with Crippen LogP contribution in [0.2, 0.25) is 0 Å². The molecule has 0 saturated carbocycles. The summed E-state index contributed by atoms with van der Waals surface area (Å²) in [4.78, 5) is 26.3. The number of carbonyl (C=O) groups excluding carboxylic acids is 2. The van der Waals surface area contributed by atoms with Crippen LogP contribution in [0.1, 0.15) is 24.2 Å². The Hall–Kier alpha value is -2.63. The van der Waals surface area contributed by atoms with Crippen LogP contribution >= 0.6 is 0 Å². The zero-order valence-electron chi connectivity index (χ0n) is 13.9. The standard InChI is InChI=1S/C19H21FN2O3/c20-16-5-3-14(4-6-16)12-18(23)22-9-7-15(8-10-22)19(24)21-13-17-2-1-11-25-17/h1-6,11,15H,7-10,12-13H2,(H,21,24). The van der Waals surface area contributed by atoms with E-state index in [1.807, 2.05) is 6.07 Å². The van der Waals surface area contributed by atoms with Gasteiger partial charge < -0.3 is 14.6 Å². The van der Waals surface area contributed by atoms with E-state index in [0.29, 0.717) is 32.5 Å². The molecular formula is C19H21FN2O3. The third kappa shape index (κ3) is 4.68. The van der Waals surface area contributed by atoms with Gasteiger partial charge in [-0.25, -0.2) is 4.39 Å². The third-order valence-corrected chi connectivity index (χ3v) is 4.50. The first-order chi connectivity index (χ1) is 12.1. The van der Waals surface area contributed by atoms with Crippen LogP contribution in [0.3, 0.4) is 0 Å². The number of furan rings is 1. The highest BCUT2D eigenvalue weighted by Gasteiger charge is 2.27. The van der Waals surface area contributed by atoms with Gasteiger partial charge >= 0.3 is 0 Å². The average Bonchev–Trinajstić information content (AvgIpc) is 3.15. The molecule has 1 aromatic carbocycles. The van der Waals surface area contributed by atoms with Gasteiger partial charge in [0, 0.05) is 19.0 Å². The number of nitrogens with zero attached hydrogens (tertiary/aromatic N) is 1. The van der Waals surface area contributed by atoms with Crippen LogP contribution in [0.15, 0.2) is 47.1 Å². The first-order valence-electron chi connectivity index (χ1n) is 8.44. The van der Waals surface area contributed by atoms with Gasteiger partial charge in [-0.05, 0) is 42.7 Å². The van der Waals surface area contributed by atoms with E-state index in [1.54, 1.807) is 29.4 Å². The minimum absolute atomic E-state index is 0.00188. The van der Waals surface area contributed by atoms with Crippen LogP contribution in [-0.2, 0) is 22.6 Å². The van der Waals surface area contributed by atoms with Crippen molar-refractivity contribution in [2.45, 2.75) is 25.8 Å². The second-order valence-electron chi connectivity index (χ2n) is 6.26. The van der Waals surface area contributed by atoms with Gasteiger partial charge in [0.2, 0.25) is 11.8 Å². The van der Waals surface area contributed by atoms with Crippen LogP contribution in [-0.4, -0.2) is 29.8 Å². The fourth-order valence-electron chi connectivity index (χ4n) is 3.01. The largest absolute Gasteiger partial charge is 0.467 e. The zero-order valence-corrected chi connectivity index (χ0v) is 13.9. The molecule has 6 heteroatoms. The van der Waals surface area contributed by atoms with Gasteiger partial charge in [0.15, 0.2) is 0 Å². The average molecular weight is 344 g/mol. The van der Waals surface area contributed by atoms with E-state index in [2.05, 4.69) is 5.32 Å². The molecule has 1 aromatic heterocycles. The molecule has 0 spiro atoms. The van der Waals surface area contributed by atoms with Gasteiger partial charge in [-0.2, -0.15) is 0 Å². The highest BCUT2D eigenvalue weighted by Crippen LogP contribution is 2.18. The summed E-state index contributed by atoms with van der Waals surface area (Å²) in [6.45, 7) is 1.52. The summed E-state index contributed by atoms with van der Waals surface area (Å²) in [6.07, 6.45) is 3.14. The molecule has 0 radical (unpaired) electrons. The number of hydrogen-bond acceptors (Lipinski definition) is 3. The first kappa shape index (κ1) is 17.2. The molecule has 2 aromatic rings. The Morgan fingerprint density at radius 3 is 2.52 bits per heavy atom. The summed E-state index contributed by atoms with van der Waals surface area (Å²) in [5.41, 5.74) is 0.796. The lowest BCUT2D eigenvalue weighted by Crippen LogP contribution is -2.43. The summed E-state index contributed by atoms with van der Waals surface area (Å²) >= 11 is 0. The number of piperidine rings is 1. The van der Waals surface area contributed by atoms with E-state index >= 15 is 0 Å². The Morgan fingerprint density at radius 2 is 1.88 bits per heavy atom. The smallest absolute Gasteiger partial charge is 0.226 e. The number of hydrogen-bond donors (Lipinski definition) is 1. The second-order valence-corrected chi connectivity index (χ2v) is 6.26. The van der Waals surface area contributed by atoms with Crippen molar-refractivity contribution in [3.8, 4) is 0 Å². The topological polar surface area (TPSA) is 62.6 Å². The molecule has 1 aliphatic heterocycles. The van der Waals surface area contributed by atoms with Crippen molar-refractivity contribution in [1.82, 2.24) is 10.2 Å². The Kier molecular flexibility index (Phi) is 5.48. The maximum atomic E-state index is 12.9. The number of nitrogens with one attached hydrogen (secondary N) is 1. The molecule has 2 amide bonds. The van der Waals surface area contributed by atoms with Gasteiger partial charge in [-0.3, -0.25) is 9.59 Å². The van der Waals surface area contributed by atoms with Crippen LogP contribution in [0, 0.1) is 11.7 Å². The Balaban J connectivity index is 1.43. The van der Waals surface area contributed by atoms with Crippen LogP contribution in [0.4, 0.5) is 4.39 Å². The molecule has 0 bridgehead atoms. The van der Waals surface area contributed by atoms with Gasteiger partial charge in [0.1, 0.15) is 11.6 Å². The minimum Gasteiger partial charge on any atom is -0.467 e. The zero-order chi connectivity index (χ0) is 17.6. The maximum Gasteiger partial charge on any atom is 0.226 e. The summed E-state index contributed by atoms with van der Waals surface area (Å²) in [5.74, 6) is 0.353. The number of likely N-dealkylation sites (tertiary alicyclic amines) is 1. The lowest BCUT2D eigenvalue weighted by molar-refractivity contribution is -0.135. The molecule has 3 rings (SSSR count). The number of amides is 2. The van der Waals surface area contributed by atoms with Gasteiger partial charge in [0.05, 0.1) is 19.2 Å². The van der Waals surface area contributed by atoms with Gasteiger partial charge in [-0.1, -0.05) is 12.1 Å². The molecule has 5 nitrogen and oxygen atoms in total. The monoisotopic (exact) mass is 344 g/mol. The van der Waals surface area contributed by atoms with Gasteiger partial charge in [-0.15, -0.1) is 0 Å². The van der Waals surface area contributed by atoms with Crippen molar-refractivity contribution in [3.05, 3.63) is 59.8 Å². The first-order valence-corrected chi connectivity index (χ1v) is 8.44. The van der Waals surface area contributed by atoms with E-state index < -0.39 is 0 Å². The lowest BCUT2D eigenvalue weighted by Gasteiger charge is -2.31. The van der Waals surface area contributed by atoms with Crippen molar-refractivity contribution in [2.75, 3.05) is 13.1 Å². The lowest BCUT2D eigenvalue weighted by atomic mass is 9.95. The van der Waals surface area contributed by atoms with Crippen molar-refractivity contribution >= 4 is 11.8 Å². The quantitative estimate of drug-likeness (QED) is 0.907. The predicted octanol–water partition coefficient (Wildman–Crippen LogP) is 2.52. The fraction of sp³-hybridized carbons (Fsp3) is 0.368. The molecule has 2 heterocycles. The Bertz CT molecular complexity index is 705. The van der Waals surface area contributed by atoms with E-state index in [0.717, 1.165) is 11.3 Å². The Labute approximate surface area is 145 Å². The highest BCUT2D eigenvalue weighted by molar-refractivity contribution is 5.81.